The summed E-state index contributed by atoms with van der Waals surface area (Å²) >= 11 is 11.8. The Bertz CT molecular complexity index is 1030. The summed E-state index contributed by atoms with van der Waals surface area (Å²) in [6, 6.07) is 12.1. The topological polar surface area (TPSA) is 92.8 Å². The van der Waals surface area contributed by atoms with E-state index in [1.807, 2.05) is 0 Å². The molecule has 30 heavy (non-hydrogen) atoms. The number of halogens is 2. The van der Waals surface area contributed by atoms with E-state index in [0.29, 0.717) is 5.56 Å². The molecular weight excluding hydrogens is 431 g/mol. The van der Waals surface area contributed by atoms with Gasteiger partial charge in [0.1, 0.15) is 11.8 Å². The largest absolute Gasteiger partial charge is 0.459 e. The highest BCUT2D eigenvalue weighted by atomic mass is 35.5. The molecule has 3 amide bonds. The van der Waals surface area contributed by atoms with Crippen LogP contribution in [-0.4, -0.2) is 29.8 Å². The predicted octanol–water partition coefficient (Wildman–Crippen LogP) is 4.14. The van der Waals surface area contributed by atoms with E-state index in [-0.39, 0.29) is 33.6 Å². The number of carbonyl (C=O) groups excluding carboxylic acids is 4. The number of rotatable bonds is 6. The van der Waals surface area contributed by atoms with E-state index < -0.39 is 24.0 Å². The summed E-state index contributed by atoms with van der Waals surface area (Å²) in [5.74, 6) is -1.81. The van der Waals surface area contributed by atoms with Gasteiger partial charge in [0.25, 0.3) is 5.91 Å². The van der Waals surface area contributed by atoms with Crippen molar-refractivity contribution in [3.05, 3.63) is 75.9 Å². The third-order valence-corrected chi connectivity index (χ3v) is 4.57. The number of benzene rings is 2. The molecule has 2 aromatic carbocycles. The van der Waals surface area contributed by atoms with E-state index in [0.717, 1.165) is 11.0 Å². The Kier molecular flexibility index (Phi) is 6.54. The Hall–Kier alpha value is -3.16. The van der Waals surface area contributed by atoms with Gasteiger partial charge in [-0.3, -0.25) is 9.59 Å². The molecule has 0 radical (unpaired) electrons. The van der Waals surface area contributed by atoms with Crippen molar-refractivity contribution in [2.75, 3.05) is 4.90 Å². The second-order valence-corrected chi connectivity index (χ2v) is 7.37. The van der Waals surface area contributed by atoms with Crippen LogP contribution in [0.25, 0.3) is 0 Å². The molecule has 9 heteroatoms. The highest BCUT2D eigenvalue weighted by Gasteiger charge is 2.36. The first-order valence-corrected chi connectivity index (χ1v) is 9.62. The van der Waals surface area contributed by atoms with E-state index >= 15 is 0 Å². The van der Waals surface area contributed by atoms with Gasteiger partial charge in [0.15, 0.2) is 5.78 Å². The van der Waals surface area contributed by atoms with E-state index in [9.17, 15) is 19.2 Å². The van der Waals surface area contributed by atoms with Crippen molar-refractivity contribution in [2.45, 2.75) is 19.4 Å². The summed E-state index contributed by atoms with van der Waals surface area (Å²) in [4.78, 5) is 49.9. The van der Waals surface area contributed by atoms with Gasteiger partial charge in [-0.2, -0.15) is 0 Å². The van der Waals surface area contributed by atoms with Crippen molar-refractivity contribution in [3.8, 4) is 0 Å². The maximum Gasteiger partial charge on any atom is 0.333 e. The Balaban J connectivity index is 1.66. The third kappa shape index (κ3) is 5.06. The number of nitrogens with one attached hydrogen (secondary N) is 1. The molecule has 1 N–H and O–H groups in total. The Morgan fingerprint density at radius 2 is 1.73 bits per heavy atom. The predicted molar refractivity (Wildman–Crippen MR) is 112 cm³/mol. The lowest BCUT2D eigenvalue weighted by atomic mass is 10.1. The zero-order chi connectivity index (χ0) is 21.8. The zero-order valence-electron chi connectivity index (χ0n) is 15.7. The monoisotopic (exact) mass is 446 g/mol. The lowest BCUT2D eigenvalue weighted by Gasteiger charge is -2.12. The number of nitrogens with zero attached hydrogens (tertiary/aromatic N) is 1. The van der Waals surface area contributed by atoms with E-state index in [4.69, 9.17) is 27.9 Å². The molecule has 0 bridgehead atoms. The van der Waals surface area contributed by atoms with Crippen LogP contribution >= 0.6 is 23.2 Å². The fourth-order valence-electron chi connectivity index (χ4n) is 2.83. The van der Waals surface area contributed by atoms with Crippen LogP contribution in [0.5, 0.6) is 0 Å². The molecule has 1 aliphatic heterocycles. The van der Waals surface area contributed by atoms with Crippen LogP contribution in [0.2, 0.25) is 10.0 Å². The van der Waals surface area contributed by atoms with Crippen molar-refractivity contribution in [1.29, 1.82) is 0 Å². The number of carbonyl (C=O) groups is 4. The molecule has 1 fully saturated rings. The van der Waals surface area contributed by atoms with Crippen LogP contribution in [0, 0.1) is 0 Å². The quantitative estimate of drug-likeness (QED) is 0.311. The number of ether oxygens (including phenoxy) is 1. The summed E-state index contributed by atoms with van der Waals surface area (Å²) < 4.78 is 5.17. The minimum atomic E-state index is -0.863. The first kappa shape index (κ1) is 21.5. The van der Waals surface area contributed by atoms with Crippen LogP contribution in [0.3, 0.4) is 0 Å². The number of anilines is 1. The van der Waals surface area contributed by atoms with Gasteiger partial charge in [0, 0.05) is 22.0 Å². The second kappa shape index (κ2) is 9.11. The van der Waals surface area contributed by atoms with Crippen molar-refractivity contribution in [1.82, 2.24) is 5.32 Å². The number of hydrogen-bond acceptors (Lipinski definition) is 5. The van der Waals surface area contributed by atoms with Gasteiger partial charge in [-0.15, -0.1) is 0 Å². The molecule has 1 heterocycles. The molecule has 0 aliphatic carbocycles. The number of urea groups is 1. The molecule has 1 aliphatic rings. The number of esters is 1. The molecule has 0 saturated carbocycles. The van der Waals surface area contributed by atoms with Gasteiger partial charge in [-0.25, -0.2) is 14.5 Å². The molecule has 2 aromatic rings. The third-order valence-electron chi connectivity index (χ3n) is 4.13. The highest BCUT2D eigenvalue weighted by molar-refractivity contribution is 6.36. The SMILES string of the molecule is CC(CC(=O)c1ccccc1)OC(=O)/C=C1\NC(=O)N(c2cc(Cl)cc(Cl)c2)C1=O. The van der Waals surface area contributed by atoms with Gasteiger partial charge >= 0.3 is 12.0 Å². The van der Waals surface area contributed by atoms with Gasteiger partial charge in [0.05, 0.1) is 11.8 Å². The van der Waals surface area contributed by atoms with Crippen LogP contribution in [-0.2, 0) is 14.3 Å². The van der Waals surface area contributed by atoms with Crippen molar-refractivity contribution in [2.24, 2.45) is 0 Å². The molecule has 154 valence electrons. The summed E-state index contributed by atoms with van der Waals surface area (Å²) in [6.07, 6.45) is 0.125. The van der Waals surface area contributed by atoms with Gasteiger partial charge in [-0.1, -0.05) is 53.5 Å². The van der Waals surface area contributed by atoms with Crippen molar-refractivity contribution >= 4 is 52.6 Å². The first-order valence-electron chi connectivity index (χ1n) is 8.86. The van der Waals surface area contributed by atoms with Crippen LogP contribution < -0.4 is 10.2 Å². The lowest BCUT2D eigenvalue weighted by molar-refractivity contribution is -0.142. The van der Waals surface area contributed by atoms with Crippen molar-refractivity contribution in [3.63, 3.8) is 0 Å². The summed E-state index contributed by atoms with van der Waals surface area (Å²) in [5.41, 5.74) is 0.407. The van der Waals surface area contributed by atoms with Crippen LogP contribution in [0.1, 0.15) is 23.7 Å². The van der Waals surface area contributed by atoms with E-state index in [1.54, 1.807) is 37.3 Å². The maximum atomic E-state index is 12.5. The number of Topliss-reactive ketones (excluding diaryl/α,β-unsaturated/α-hetero) is 1. The molecule has 1 unspecified atom stereocenters. The zero-order valence-corrected chi connectivity index (χ0v) is 17.2. The van der Waals surface area contributed by atoms with Crippen LogP contribution in [0.4, 0.5) is 10.5 Å². The molecule has 7 nitrogen and oxygen atoms in total. The Morgan fingerprint density at radius 1 is 1.10 bits per heavy atom. The average molecular weight is 447 g/mol. The number of hydrogen-bond donors (Lipinski definition) is 1. The van der Waals surface area contributed by atoms with Crippen LogP contribution in [0.15, 0.2) is 60.3 Å². The number of amides is 3. The minimum Gasteiger partial charge on any atom is -0.459 e. The first-order chi connectivity index (χ1) is 14.2. The summed E-state index contributed by atoms with van der Waals surface area (Å²) in [5, 5.41) is 2.79. The standard InChI is InChI=1S/C21H16Cl2N2O5/c1-12(7-18(26)13-5-3-2-4-6-13)30-19(27)11-17-20(28)25(21(29)24-17)16-9-14(22)8-15(23)10-16/h2-6,8-12H,7H2,1H3,(H,24,29)/b17-11-. The van der Waals surface area contributed by atoms with Gasteiger partial charge in [-0.05, 0) is 25.1 Å². The Morgan fingerprint density at radius 3 is 2.37 bits per heavy atom. The maximum absolute atomic E-state index is 12.5. The molecule has 1 atom stereocenters. The minimum absolute atomic E-state index is 0.0215. The molecule has 1 saturated heterocycles. The van der Waals surface area contributed by atoms with E-state index in [1.165, 1.54) is 18.2 Å². The molecule has 0 aromatic heterocycles. The fourth-order valence-corrected chi connectivity index (χ4v) is 3.35. The van der Waals surface area contributed by atoms with Gasteiger partial charge in [0.2, 0.25) is 0 Å². The number of imide groups is 1. The average Bonchev–Trinajstić information content (AvgIpc) is 2.94. The number of ketones is 1. The Labute approximate surface area is 182 Å². The summed E-state index contributed by atoms with van der Waals surface area (Å²) in [6.45, 7) is 1.56. The van der Waals surface area contributed by atoms with Crippen molar-refractivity contribution < 1.29 is 23.9 Å². The fraction of sp³-hybridized carbons (Fsp3) is 0.143. The van der Waals surface area contributed by atoms with E-state index in [2.05, 4.69) is 5.32 Å². The smallest absolute Gasteiger partial charge is 0.333 e. The normalized spacial score (nSPS) is 15.8. The second-order valence-electron chi connectivity index (χ2n) is 6.50. The summed E-state index contributed by atoms with van der Waals surface area (Å²) in [7, 11) is 0. The molecular formula is C21H16Cl2N2O5. The lowest BCUT2D eigenvalue weighted by Crippen LogP contribution is -2.30. The highest BCUT2D eigenvalue weighted by Crippen LogP contribution is 2.28. The molecule has 3 rings (SSSR count). The molecule has 0 spiro atoms. The van der Waals surface area contributed by atoms with Gasteiger partial charge < -0.3 is 10.1 Å².